The van der Waals surface area contributed by atoms with Gasteiger partial charge >= 0.3 is 12.1 Å². The number of carbonyl (C=O) groups excluding carboxylic acids is 2. The number of alkyl carbamates (subject to hydrolysis) is 1. The van der Waals surface area contributed by atoms with Crippen LogP contribution in [-0.4, -0.2) is 75.5 Å². The van der Waals surface area contributed by atoms with Crippen LogP contribution in [0.15, 0.2) is 0 Å². The number of carboxylic acids is 1. The van der Waals surface area contributed by atoms with Crippen LogP contribution in [0.2, 0.25) is 0 Å². The fourth-order valence-corrected chi connectivity index (χ4v) is 2.35. The van der Waals surface area contributed by atoms with Crippen molar-refractivity contribution in [3.63, 3.8) is 0 Å². The number of Topliss-reactive ketones (excluding diaryl/α,β-unsaturated/α-hetero) is 1. The molecular formula is C16H27NO9. The van der Waals surface area contributed by atoms with Crippen LogP contribution in [0.25, 0.3) is 0 Å². The highest BCUT2D eigenvalue weighted by molar-refractivity contribution is 5.81. The molecule has 0 spiro atoms. The first-order valence-electron chi connectivity index (χ1n) is 8.25. The summed E-state index contributed by atoms with van der Waals surface area (Å²) < 4.78 is 9.65. The first-order chi connectivity index (χ1) is 11.9. The normalized spacial score (nSPS) is 29.3. The second kappa shape index (κ2) is 8.76. The summed E-state index contributed by atoms with van der Waals surface area (Å²) in [6.07, 6.45) is -9.96. The van der Waals surface area contributed by atoms with E-state index in [1.54, 1.807) is 27.7 Å². The molecule has 5 N–H and O–H groups in total. The van der Waals surface area contributed by atoms with Crippen molar-refractivity contribution in [3.05, 3.63) is 0 Å². The van der Waals surface area contributed by atoms with Crippen LogP contribution >= 0.6 is 0 Å². The number of hydrogen-bond acceptors (Lipinski definition) is 8. The van der Waals surface area contributed by atoms with Crippen LogP contribution in [0.1, 0.15) is 34.1 Å². The zero-order valence-corrected chi connectivity index (χ0v) is 15.2. The zero-order chi connectivity index (χ0) is 20.2. The first-order valence-corrected chi connectivity index (χ1v) is 8.25. The lowest BCUT2D eigenvalue weighted by Crippen LogP contribution is -2.61. The number of ether oxygens (including phenoxy) is 2. The molecule has 0 aromatic heterocycles. The Balaban J connectivity index is 2.61. The first kappa shape index (κ1) is 22.3. The van der Waals surface area contributed by atoms with Gasteiger partial charge in [0.05, 0.1) is 0 Å². The minimum Gasteiger partial charge on any atom is -0.479 e. The number of aliphatic hydroxyl groups is 3. The molecule has 150 valence electrons. The van der Waals surface area contributed by atoms with Crippen LogP contribution in [0.3, 0.4) is 0 Å². The van der Waals surface area contributed by atoms with E-state index in [0.29, 0.717) is 0 Å². The zero-order valence-electron chi connectivity index (χ0n) is 15.2. The van der Waals surface area contributed by atoms with Crippen molar-refractivity contribution in [1.82, 2.24) is 5.32 Å². The average Bonchev–Trinajstić information content (AvgIpc) is 2.52. The summed E-state index contributed by atoms with van der Waals surface area (Å²) >= 11 is 0. The summed E-state index contributed by atoms with van der Waals surface area (Å²) in [5.74, 6) is -1.67. The van der Waals surface area contributed by atoms with Gasteiger partial charge in [0.1, 0.15) is 24.1 Å². The van der Waals surface area contributed by atoms with Crippen molar-refractivity contribution in [1.29, 1.82) is 0 Å². The van der Waals surface area contributed by atoms with Crippen molar-refractivity contribution in [2.75, 3.05) is 6.54 Å². The molecule has 10 nitrogen and oxygen atoms in total. The lowest BCUT2D eigenvalue weighted by atomic mass is 9.84. The van der Waals surface area contributed by atoms with E-state index >= 15 is 0 Å². The highest BCUT2D eigenvalue weighted by Crippen LogP contribution is 2.24. The molecule has 0 saturated carbocycles. The van der Waals surface area contributed by atoms with Crippen molar-refractivity contribution >= 4 is 17.8 Å². The molecule has 1 amide bonds. The van der Waals surface area contributed by atoms with Crippen LogP contribution < -0.4 is 5.32 Å². The van der Waals surface area contributed by atoms with Crippen molar-refractivity contribution in [3.8, 4) is 0 Å². The predicted molar refractivity (Wildman–Crippen MR) is 87.0 cm³/mol. The molecule has 1 aliphatic rings. The van der Waals surface area contributed by atoms with E-state index in [4.69, 9.17) is 14.6 Å². The smallest absolute Gasteiger partial charge is 0.409 e. The number of rotatable bonds is 7. The lowest BCUT2D eigenvalue weighted by Gasteiger charge is -2.38. The second-order valence-corrected chi connectivity index (χ2v) is 7.46. The molecule has 0 radical (unpaired) electrons. The van der Waals surface area contributed by atoms with E-state index in [1.807, 2.05) is 0 Å². The van der Waals surface area contributed by atoms with Crippen molar-refractivity contribution < 1.29 is 44.3 Å². The highest BCUT2D eigenvalue weighted by atomic mass is 16.7. The number of hydrogen-bond donors (Lipinski definition) is 5. The minimum absolute atomic E-state index is 0.0395. The minimum atomic E-state index is -1.87. The van der Waals surface area contributed by atoms with Crippen LogP contribution in [-0.2, 0) is 19.1 Å². The van der Waals surface area contributed by atoms with Crippen LogP contribution in [0, 0.1) is 11.3 Å². The third-order valence-electron chi connectivity index (χ3n) is 4.04. The molecule has 0 bridgehead atoms. The van der Waals surface area contributed by atoms with Crippen LogP contribution in [0.5, 0.6) is 0 Å². The SMILES string of the molecule is CC(C)C(=O)CC(C)(C)CNC(=O)OC1OC(C(=O)O)C(O)C(O)C1O. The maximum absolute atomic E-state index is 11.9. The lowest BCUT2D eigenvalue weighted by molar-refractivity contribution is -0.278. The molecule has 0 aromatic carbocycles. The van der Waals surface area contributed by atoms with E-state index < -0.39 is 48.2 Å². The molecule has 0 aromatic rings. The summed E-state index contributed by atoms with van der Waals surface area (Å²) in [6, 6.07) is 0. The van der Waals surface area contributed by atoms with Crippen molar-refractivity contribution in [2.24, 2.45) is 11.3 Å². The Morgan fingerprint density at radius 3 is 2.19 bits per heavy atom. The van der Waals surface area contributed by atoms with E-state index in [-0.39, 0.29) is 24.7 Å². The van der Waals surface area contributed by atoms with Crippen LogP contribution in [0.4, 0.5) is 4.79 Å². The number of nitrogens with one attached hydrogen (secondary N) is 1. The second-order valence-electron chi connectivity index (χ2n) is 7.46. The fourth-order valence-electron chi connectivity index (χ4n) is 2.35. The van der Waals surface area contributed by atoms with Gasteiger partial charge in [0, 0.05) is 18.9 Å². The Bertz CT molecular complexity index is 534. The number of amides is 1. The van der Waals surface area contributed by atoms with Gasteiger partial charge in [0.15, 0.2) is 6.10 Å². The quantitative estimate of drug-likeness (QED) is 0.384. The Morgan fingerprint density at radius 2 is 1.69 bits per heavy atom. The van der Waals surface area contributed by atoms with Gasteiger partial charge in [-0.2, -0.15) is 0 Å². The standard InChI is InChI=1S/C16H27NO9/c1-7(2)8(18)5-16(3,4)6-17-15(24)26-14-11(21)9(19)10(20)12(25-14)13(22)23/h7,9-12,14,19-21H,5-6H2,1-4H3,(H,17,24)(H,22,23). The van der Waals surface area contributed by atoms with Gasteiger partial charge in [0.25, 0.3) is 0 Å². The number of ketones is 1. The summed E-state index contributed by atoms with van der Waals surface area (Å²) in [6.45, 7) is 7.20. The molecule has 0 aliphatic carbocycles. The topological polar surface area (TPSA) is 163 Å². The van der Waals surface area contributed by atoms with Gasteiger partial charge in [0.2, 0.25) is 6.29 Å². The van der Waals surface area contributed by atoms with Gasteiger partial charge < -0.3 is 35.2 Å². The largest absolute Gasteiger partial charge is 0.479 e. The van der Waals surface area contributed by atoms with E-state index in [0.717, 1.165) is 0 Å². The molecule has 1 rings (SSSR count). The van der Waals surface area contributed by atoms with Gasteiger partial charge in [-0.25, -0.2) is 9.59 Å². The van der Waals surface area contributed by atoms with Gasteiger partial charge in [-0.3, -0.25) is 4.79 Å². The van der Waals surface area contributed by atoms with Gasteiger partial charge in [-0.05, 0) is 5.41 Å². The fraction of sp³-hybridized carbons (Fsp3) is 0.812. The summed E-state index contributed by atoms with van der Waals surface area (Å²) in [4.78, 5) is 34.7. The third-order valence-corrected chi connectivity index (χ3v) is 4.04. The summed E-state index contributed by atoms with van der Waals surface area (Å²) in [7, 11) is 0. The molecule has 5 atom stereocenters. The molecule has 5 unspecified atom stereocenters. The summed E-state index contributed by atoms with van der Waals surface area (Å²) in [5.41, 5.74) is -0.550. The number of aliphatic carboxylic acids is 1. The molecule has 1 heterocycles. The molecule has 1 fully saturated rings. The van der Waals surface area contributed by atoms with Gasteiger partial charge in [-0.1, -0.05) is 27.7 Å². The van der Waals surface area contributed by atoms with Gasteiger partial charge in [-0.15, -0.1) is 0 Å². The third kappa shape index (κ3) is 5.90. The number of aliphatic hydroxyl groups excluding tert-OH is 3. The monoisotopic (exact) mass is 377 g/mol. The van der Waals surface area contributed by atoms with E-state index in [2.05, 4.69) is 5.32 Å². The summed E-state index contributed by atoms with van der Waals surface area (Å²) in [5, 5.41) is 40.4. The number of carboxylic acid groups (broad SMARTS) is 1. The Morgan fingerprint density at radius 1 is 1.12 bits per heavy atom. The molecular weight excluding hydrogens is 350 g/mol. The number of carbonyl (C=O) groups is 3. The Labute approximate surface area is 151 Å². The van der Waals surface area contributed by atoms with E-state index in [1.165, 1.54) is 0 Å². The molecule has 1 aliphatic heterocycles. The average molecular weight is 377 g/mol. The highest BCUT2D eigenvalue weighted by Gasteiger charge is 2.48. The van der Waals surface area contributed by atoms with E-state index in [9.17, 15) is 29.7 Å². The maximum Gasteiger partial charge on any atom is 0.409 e. The molecule has 26 heavy (non-hydrogen) atoms. The Kier molecular flexibility index (Phi) is 7.51. The predicted octanol–water partition coefficient (Wildman–Crippen LogP) is -0.754. The van der Waals surface area contributed by atoms with Crippen molar-refractivity contribution in [2.45, 2.75) is 64.8 Å². The molecule has 1 saturated heterocycles. The maximum atomic E-state index is 11.9. The molecule has 10 heteroatoms. The Hall–Kier alpha value is -1.75.